The van der Waals surface area contributed by atoms with Gasteiger partial charge in [0, 0.05) is 0 Å². The van der Waals surface area contributed by atoms with Gasteiger partial charge in [-0.3, -0.25) is 0 Å². The normalized spacial score (nSPS) is 27.9. The molecule has 0 heteroatoms. The van der Waals surface area contributed by atoms with E-state index in [9.17, 15) is 0 Å². The van der Waals surface area contributed by atoms with Gasteiger partial charge >= 0.3 is 0 Å². The first-order valence-electron chi connectivity index (χ1n) is 29.3. The summed E-state index contributed by atoms with van der Waals surface area (Å²) in [4.78, 5) is 0. The van der Waals surface area contributed by atoms with E-state index >= 15 is 0 Å². The molecule has 0 aromatic heterocycles. The van der Waals surface area contributed by atoms with Crippen molar-refractivity contribution < 1.29 is 0 Å². The second-order valence-electron chi connectivity index (χ2n) is 21.8. The van der Waals surface area contributed by atoms with Crippen LogP contribution >= 0.6 is 0 Å². The molecule has 3 unspecified atom stereocenters. The molecule has 2 aliphatic rings. The molecule has 2 rings (SSSR count). The van der Waals surface area contributed by atoms with Crippen LogP contribution in [0.15, 0.2) is 0 Å². The highest BCUT2D eigenvalue weighted by Gasteiger charge is 2.11. The number of hydrogen-bond donors (Lipinski definition) is 0. The molecular weight excluding hydrogens is 709 g/mol. The minimum absolute atomic E-state index is 0.962. The molecule has 0 aliphatic heterocycles. The molecule has 0 saturated heterocycles. The maximum Gasteiger partial charge on any atom is -0.0414 e. The third-order valence-electron chi connectivity index (χ3n) is 15.8. The fraction of sp³-hybridized carbons (Fsp3) is 1.00. The lowest BCUT2D eigenvalue weighted by Crippen LogP contribution is -2.02. The Kier molecular flexibility index (Phi) is 43.0. The van der Waals surface area contributed by atoms with Gasteiger partial charge in [0.05, 0.1) is 0 Å². The molecule has 2 fully saturated rings. The van der Waals surface area contributed by atoms with E-state index in [4.69, 9.17) is 0 Å². The van der Waals surface area contributed by atoms with Crippen molar-refractivity contribution in [1.82, 2.24) is 0 Å². The lowest BCUT2D eigenvalue weighted by atomic mass is 9.88. The first-order chi connectivity index (χ1) is 29.3. The average molecular weight is 826 g/mol. The third kappa shape index (κ3) is 40.5. The molecule has 0 aromatic rings. The Balaban J connectivity index is 1.67. The maximum atomic E-state index is 2.53. The van der Waals surface area contributed by atoms with Crippen LogP contribution in [0.3, 0.4) is 0 Å². The standard InChI is InChI=1S/C59H116/c1-57-49-41-33-25-19-15-11-9-7-5-3-2-4-6-8-10-12-17-21-27-35-43-51-58-53-45-37-29-23-24-30-38-46-54-59(56-48-40-32-31-39-47-55-58)52-44-36-28-22-18-14-13-16-20-26-34-42-50-57/h57-59H,2-56H2,1H3. The molecule has 0 aromatic carbocycles. The number of hydrogen-bond acceptors (Lipinski definition) is 0. The summed E-state index contributed by atoms with van der Waals surface area (Å²) < 4.78 is 0. The Morgan fingerprint density at radius 1 is 0.136 bits per heavy atom. The van der Waals surface area contributed by atoms with Gasteiger partial charge in [-0.25, -0.2) is 0 Å². The van der Waals surface area contributed by atoms with E-state index in [-0.39, 0.29) is 0 Å². The van der Waals surface area contributed by atoms with Gasteiger partial charge in [-0.2, -0.15) is 0 Å². The second kappa shape index (κ2) is 46.0. The van der Waals surface area contributed by atoms with Crippen LogP contribution < -0.4 is 0 Å². The minimum Gasteiger partial charge on any atom is -0.0625 e. The number of rotatable bonds is 0. The summed E-state index contributed by atoms with van der Waals surface area (Å²) in [5.74, 6) is 3.04. The summed E-state index contributed by atoms with van der Waals surface area (Å²) in [5.41, 5.74) is 0. The van der Waals surface area contributed by atoms with Gasteiger partial charge in [-0.05, 0) is 17.8 Å². The van der Waals surface area contributed by atoms with Crippen molar-refractivity contribution >= 4 is 0 Å². The summed E-state index contributed by atoms with van der Waals surface area (Å²) in [5, 5.41) is 0. The van der Waals surface area contributed by atoms with E-state index in [1.54, 1.807) is 38.5 Å². The van der Waals surface area contributed by atoms with Gasteiger partial charge < -0.3 is 0 Å². The van der Waals surface area contributed by atoms with Gasteiger partial charge in [0.2, 0.25) is 0 Å². The van der Waals surface area contributed by atoms with E-state index in [0.717, 1.165) is 17.8 Å². The highest BCUT2D eigenvalue weighted by Crippen LogP contribution is 2.28. The summed E-state index contributed by atoms with van der Waals surface area (Å²) in [6.07, 6.45) is 82.9. The van der Waals surface area contributed by atoms with E-state index in [1.807, 2.05) is 0 Å². The topological polar surface area (TPSA) is 0 Å². The molecule has 352 valence electrons. The SMILES string of the molecule is CC1CCCCCCCCCCCCCCCCCCCCCCCC2CCCCCCCCCCC(CCCCCCCCCCCCCC1)CCCCCCCC2. The van der Waals surface area contributed by atoms with Crippen molar-refractivity contribution in [1.29, 1.82) is 0 Å². The van der Waals surface area contributed by atoms with Crippen LogP contribution in [-0.4, -0.2) is 0 Å². The molecule has 0 spiro atoms. The zero-order valence-corrected chi connectivity index (χ0v) is 41.6. The van der Waals surface area contributed by atoms with Crippen LogP contribution in [0.25, 0.3) is 0 Å². The summed E-state index contributed by atoms with van der Waals surface area (Å²) in [6.45, 7) is 2.53. The van der Waals surface area contributed by atoms with E-state index in [1.165, 1.54) is 315 Å². The smallest absolute Gasteiger partial charge is 0.0414 e. The van der Waals surface area contributed by atoms with Crippen LogP contribution in [0.2, 0.25) is 0 Å². The summed E-state index contributed by atoms with van der Waals surface area (Å²) in [6, 6.07) is 0. The van der Waals surface area contributed by atoms with Crippen LogP contribution in [0, 0.1) is 17.8 Å². The number of fused-ring (bicyclic) bond motifs is 9. The molecule has 0 N–H and O–H groups in total. The molecule has 59 heavy (non-hydrogen) atoms. The lowest BCUT2D eigenvalue weighted by molar-refractivity contribution is 0.355. The fourth-order valence-electron chi connectivity index (χ4n) is 11.5. The van der Waals surface area contributed by atoms with Gasteiger partial charge in [0.15, 0.2) is 0 Å². The van der Waals surface area contributed by atoms with Gasteiger partial charge in [-0.15, -0.1) is 0 Å². The molecule has 0 heterocycles. The highest BCUT2D eigenvalue weighted by molar-refractivity contribution is 4.65. The van der Waals surface area contributed by atoms with Crippen molar-refractivity contribution in [2.24, 2.45) is 17.8 Å². The van der Waals surface area contributed by atoms with Crippen molar-refractivity contribution in [3.63, 3.8) is 0 Å². The second-order valence-corrected chi connectivity index (χ2v) is 21.8. The Labute approximate surface area is 376 Å². The summed E-state index contributed by atoms with van der Waals surface area (Å²) >= 11 is 0. The lowest BCUT2D eigenvalue weighted by Gasteiger charge is -2.18. The molecule has 0 radical (unpaired) electrons. The Morgan fingerprint density at radius 3 is 0.373 bits per heavy atom. The van der Waals surface area contributed by atoms with Crippen molar-refractivity contribution in [3.05, 3.63) is 0 Å². The predicted molar refractivity (Wildman–Crippen MR) is 270 cm³/mol. The first-order valence-corrected chi connectivity index (χ1v) is 29.3. The van der Waals surface area contributed by atoms with E-state index in [2.05, 4.69) is 6.92 Å². The quantitative estimate of drug-likeness (QED) is 0.228. The Hall–Kier alpha value is 0. The van der Waals surface area contributed by atoms with Crippen molar-refractivity contribution in [2.45, 2.75) is 360 Å². The monoisotopic (exact) mass is 825 g/mol. The van der Waals surface area contributed by atoms with Gasteiger partial charge in [0.25, 0.3) is 0 Å². The average Bonchev–Trinajstić information content (AvgIpc) is 3.24. The molecule has 2 bridgehead atoms. The third-order valence-corrected chi connectivity index (χ3v) is 15.8. The molecular formula is C59H116. The minimum atomic E-state index is 0.962. The van der Waals surface area contributed by atoms with E-state index in [0.29, 0.717) is 0 Å². The van der Waals surface area contributed by atoms with Crippen LogP contribution in [-0.2, 0) is 0 Å². The maximum absolute atomic E-state index is 2.53. The van der Waals surface area contributed by atoms with Crippen LogP contribution in [0.5, 0.6) is 0 Å². The zero-order chi connectivity index (χ0) is 41.6. The summed E-state index contributed by atoms with van der Waals surface area (Å²) in [7, 11) is 0. The Bertz CT molecular complexity index is 768. The van der Waals surface area contributed by atoms with Crippen molar-refractivity contribution in [2.75, 3.05) is 0 Å². The predicted octanol–water partition coefficient (Wildman–Crippen LogP) is 22.3. The molecule has 2 aliphatic carbocycles. The molecule has 0 nitrogen and oxygen atoms in total. The molecule has 2 saturated carbocycles. The molecule has 3 atom stereocenters. The zero-order valence-electron chi connectivity index (χ0n) is 41.6. The van der Waals surface area contributed by atoms with Gasteiger partial charge in [-0.1, -0.05) is 360 Å². The van der Waals surface area contributed by atoms with Crippen LogP contribution in [0.4, 0.5) is 0 Å². The molecule has 0 amide bonds. The van der Waals surface area contributed by atoms with Crippen molar-refractivity contribution in [3.8, 4) is 0 Å². The highest BCUT2D eigenvalue weighted by atomic mass is 14.2. The fourth-order valence-corrected chi connectivity index (χ4v) is 11.5. The van der Waals surface area contributed by atoms with Crippen LogP contribution in [0.1, 0.15) is 360 Å². The van der Waals surface area contributed by atoms with Gasteiger partial charge in [0.1, 0.15) is 0 Å². The first kappa shape index (κ1) is 55.1. The van der Waals surface area contributed by atoms with E-state index < -0.39 is 0 Å². The Morgan fingerprint density at radius 2 is 0.237 bits per heavy atom. The largest absolute Gasteiger partial charge is 0.0625 e.